The van der Waals surface area contributed by atoms with Crippen LogP contribution in [0.15, 0.2) is 22.6 Å². The number of anilines is 2. The molecule has 1 aromatic carbocycles. The predicted octanol–water partition coefficient (Wildman–Crippen LogP) is 0.650. The Morgan fingerprint density at radius 2 is 2.24 bits per heavy atom. The largest absolute Gasteiger partial charge is 0.482 e. The molecule has 7 heteroatoms. The maximum Gasteiger partial charge on any atom is 0.313 e. The lowest BCUT2D eigenvalue weighted by molar-refractivity contribution is -0.118. The zero-order chi connectivity index (χ0) is 11.8. The van der Waals surface area contributed by atoms with Gasteiger partial charge in [-0.15, -0.1) is 5.10 Å². The van der Waals surface area contributed by atoms with Gasteiger partial charge in [-0.1, -0.05) is 5.10 Å². The van der Waals surface area contributed by atoms with Crippen molar-refractivity contribution in [3.05, 3.63) is 18.2 Å². The number of nitrogens with one attached hydrogen (secondary N) is 1. The summed E-state index contributed by atoms with van der Waals surface area (Å²) >= 11 is 0. The van der Waals surface area contributed by atoms with Gasteiger partial charge in [0.15, 0.2) is 6.61 Å². The fourth-order valence-corrected chi connectivity index (χ4v) is 1.57. The number of aromatic nitrogens is 2. The third kappa shape index (κ3) is 1.67. The Bertz CT molecular complexity index is 593. The molecule has 2 aromatic rings. The molecular weight excluding hydrogens is 224 g/mol. The summed E-state index contributed by atoms with van der Waals surface area (Å²) in [6.07, 6.45) is 0. The van der Waals surface area contributed by atoms with E-state index in [1.165, 1.54) is 0 Å². The van der Waals surface area contributed by atoms with Gasteiger partial charge in [-0.2, -0.15) is 0 Å². The highest BCUT2D eigenvalue weighted by Gasteiger charge is 2.17. The van der Waals surface area contributed by atoms with Crippen molar-refractivity contribution in [2.75, 3.05) is 17.7 Å². The summed E-state index contributed by atoms with van der Waals surface area (Å²) in [5.41, 5.74) is 6.59. The van der Waals surface area contributed by atoms with Gasteiger partial charge in [-0.25, -0.2) is 0 Å². The number of rotatable bonds is 1. The number of benzene rings is 1. The standard InChI is InChI=1S/C10H8N4O3/c11-10-14-13-9(17-10)5-1-2-7-6(3-5)12-8(15)4-16-7/h1-3H,4H2,(H2,11,14)(H,12,15). The molecule has 1 aliphatic rings. The second-order valence-corrected chi connectivity index (χ2v) is 3.49. The highest BCUT2D eigenvalue weighted by molar-refractivity contribution is 5.96. The minimum Gasteiger partial charge on any atom is -0.482 e. The van der Waals surface area contributed by atoms with Crippen molar-refractivity contribution in [1.29, 1.82) is 0 Å². The maximum absolute atomic E-state index is 11.2. The second-order valence-electron chi connectivity index (χ2n) is 3.49. The van der Waals surface area contributed by atoms with E-state index in [-0.39, 0.29) is 18.5 Å². The lowest BCUT2D eigenvalue weighted by atomic mass is 10.1. The number of nitrogens with two attached hydrogens (primary N) is 1. The van der Waals surface area contributed by atoms with Gasteiger partial charge in [0.2, 0.25) is 5.89 Å². The molecule has 0 radical (unpaired) electrons. The first-order chi connectivity index (χ1) is 8.22. The molecule has 0 atom stereocenters. The van der Waals surface area contributed by atoms with Crippen LogP contribution in [0.2, 0.25) is 0 Å². The van der Waals surface area contributed by atoms with Crippen LogP contribution < -0.4 is 15.8 Å². The summed E-state index contributed by atoms with van der Waals surface area (Å²) in [6.45, 7) is 0.0276. The molecule has 3 N–H and O–H groups in total. The van der Waals surface area contributed by atoms with Gasteiger partial charge < -0.3 is 20.2 Å². The van der Waals surface area contributed by atoms with Gasteiger partial charge in [0.25, 0.3) is 5.91 Å². The number of nitrogens with zero attached hydrogens (tertiary/aromatic N) is 2. The quantitative estimate of drug-likeness (QED) is 0.748. The summed E-state index contributed by atoms with van der Waals surface area (Å²) in [5.74, 6) is 0.714. The van der Waals surface area contributed by atoms with Crippen molar-refractivity contribution < 1.29 is 13.9 Å². The summed E-state index contributed by atoms with van der Waals surface area (Å²) < 4.78 is 10.3. The number of nitrogen functional groups attached to an aromatic ring is 1. The van der Waals surface area contributed by atoms with E-state index in [9.17, 15) is 4.79 Å². The van der Waals surface area contributed by atoms with Gasteiger partial charge in [0.1, 0.15) is 5.75 Å². The molecule has 0 saturated carbocycles. The molecule has 17 heavy (non-hydrogen) atoms. The van der Waals surface area contributed by atoms with E-state index in [1.807, 2.05) is 0 Å². The van der Waals surface area contributed by atoms with Crippen LogP contribution >= 0.6 is 0 Å². The number of amides is 1. The molecule has 86 valence electrons. The van der Waals surface area contributed by atoms with Crippen molar-refractivity contribution in [3.8, 4) is 17.2 Å². The Morgan fingerprint density at radius 3 is 3.00 bits per heavy atom. The maximum atomic E-state index is 11.2. The third-order valence-corrected chi connectivity index (χ3v) is 2.30. The number of hydrogen-bond acceptors (Lipinski definition) is 6. The topological polar surface area (TPSA) is 103 Å². The molecule has 0 saturated heterocycles. The summed E-state index contributed by atoms with van der Waals surface area (Å²) in [7, 11) is 0. The van der Waals surface area contributed by atoms with E-state index >= 15 is 0 Å². The molecule has 0 aliphatic carbocycles. The van der Waals surface area contributed by atoms with E-state index in [0.29, 0.717) is 22.9 Å². The Kier molecular flexibility index (Phi) is 1.97. The van der Waals surface area contributed by atoms with Crippen LogP contribution in [0.3, 0.4) is 0 Å². The summed E-state index contributed by atoms with van der Waals surface area (Å²) in [5, 5.41) is 10.0. The van der Waals surface area contributed by atoms with E-state index in [0.717, 1.165) is 0 Å². The van der Waals surface area contributed by atoms with E-state index < -0.39 is 0 Å². The van der Waals surface area contributed by atoms with Crippen molar-refractivity contribution in [3.63, 3.8) is 0 Å². The van der Waals surface area contributed by atoms with E-state index in [2.05, 4.69) is 15.5 Å². The first-order valence-electron chi connectivity index (χ1n) is 4.88. The molecule has 1 aliphatic heterocycles. The zero-order valence-corrected chi connectivity index (χ0v) is 8.64. The fourth-order valence-electron chi connectivity index (χ4n) is 1.57. The van der Waals surface area contributed by atoms with Crippen LogP contribution in [0.1, 0.15) is 0 Å². The molecule has 1 amide bonds. The van der Waals surface area contributed by atoms with Crippen LogP contribution in [0.5, 0.6) is 5.75 Å². The normalized spacial score (nSPS) is 13.8. The number of ether oxygens (including phenoxy) is 1. The van der Waals surface area contributed by atoms with E-state index in [1.54, 1.807) is 18.2 Å². The van der Waals surface area contributed by atoms with Crippen LogP contribution in [0, 0.1) is 0 Å². The molecular formula is C10H8N4O3. The second kappa shape index (κ2) is 3.48. The molecule has 0 bridgehead atoms. The van der Waals surface area contributed by atoms with E-state index in [4.69, 9.17) is 14.9 Å². The first-order valence-corrected chi connectivity index (χ1v) is 4.88. The number of carbonyl (C=O) groups excluding carboxylic acids is 1. The predicted molar refractivity (Wildman–Crippen MR) is 58.3 cm³/mol. The average Bonchev–Trinajstić information content (AvgIpc) is 2.75. The van der Waals surface area contributed by atoms with Crippen LogP contribution in [-0.2, 0) is 4.79 Å². The minimum atomic E-state index is -0.195. The highest BCUT2D eigenvalue weighted by Crippen LogP contribution is 2.32. The van der Waals surface area contributed by atoms with Gasteiger partial charge in [-0.3, -0.25) is 4.79 Å². The Hall–Kier alpha value is -2.57. The molecule has 7 nitrogen and oxygen atoms in total. The SMILES string of the molecule is Nc1nnc(-c2ccc3c(c2)NC(=O)CO3)o1. The molecule has 3 rings (SSSR count). The number of fused-ring (bicyclic) bond motifs is 1. The van der Waals surface area contributed by atoms with Crippen molar-refractivity contribution in [2.45, 2.75) is 0 Å². The zero-order valence-electron chi connectivity index (χ0n) is 8.64. The van der Waals surface area contributed by atoms with Gasteiger partial charge in [-0.05, 0) is 18.2 Å². The van der Waals surface area contributed by atoms with Crippen molar-refractivity contribution in [2.24, 2.45) is 0 Å². The van der Waals surface area contributed by atoms with Gasteiger partial charge in [0.05, 0.1) is 5.69 Å². The van der Waals surface area contributed by atoms with Crippen molar-refractivity contribution >= 4 is 17.6 Å². The number of carbonyl (C=O) groups is 1. The third-order valence-electron chi connectivity index (χ3n) is 2.30. The first kappa shape index (κ1) is 9.64. The molecule has 2 heterocycles. The summed E-state index contributed by atoms with van der Waals surface area (Å²) in [4.78, 5) is 11.2. The Balaban J connectivity index is 2.03. The van der Waals surface area contributed by atoms with Crippen LogP contribution in [0.25, 0.3) is 11.5 Å². The van der Waals surface area contributed by atoms with Gasteiger partial charge in [0, 0.05) is 5.56 Å². The lowest BCUT2D eigenvalue weighted by Gasteiger charge is -2.17. The minimum absolute atomic E-state index is 0.00185. The molecule has 0 unspecified atom stereocenters. The molecule has 1 aromatic heterocycles. The van der Waals surface area contributed by atoms with Crippen LogP contribution in [0.4, 0.5) is 11.7 Å². The average molecular weight is 232 g/mol. The monoisotopic (exact) mass is 232 g/mol. The number of hydrogen-bond donors (Lipinski definition) is 2. The fraction of sp³-hybridized carbons (Fsp3) is 0.100. The lowest BCUT2D eigenvalue weighted by Crippen LogP contribution is -2.25. The molecule has 0 fully saturated rings. The van der Waals surface area contributed by atoms with Crippen LogP contribution in [-0.4, -0.2) is 22.7 Å². The molecule has 0 spiro atoms. The van der Waals surface area contributed by atoms with Crippen molar-refractivity contribution in [1.82, 2.24) is 10.2 Å². The Morgan fingerprint density at radius 1 is 1.35 bits per heavy atom. The van der Waals surface area contributed by atoms with Gasteiger partial charge >= 0.3 is 6.01 Å². The highest BCUT2D eigenvalue weighted by atomic mass is 16.5. The summed E-state index contributed by atoms with van der Waals surface area (Å²) in [6, 6.07) is 5.17. The smallest absolute Gasteiger partial charge is 0.313 e. The Labute approximate surface area is 95.6 Å².